The Morgan fingerprint density at radius 2 is 1.88 bits per heavy atom. The first-order valence-corrected chi connectivity index (χ1v) is 8.55. The molecule has 0 saturated carbocycles. The fraction of sp³-hybridized carbons (Fsp3) is 0.350. The van der Waals surface area contributed by atoms with Crippen molar-refractivity contribution in [3.8, 4) is 11.5 Å². The van der Waals surface area contributed by atoms with Gasteiger partial charge >= 0.3 is 0 Å². The molecule has 0 aliphatic carbocycles. The van der Waals surface area contributed by atoms with Gasteiger partial charge in [-0.3, -0.25) is 4.79 Å². The molecule has 0 radical (unpaired) electrons. The van der Waals surface area contributed by atoms with Gasteiger partial charge < -0.3 is 20.5 Å². The molecule has 0 bridgehead atoms. The summed E-state index contributed by atoms with van der Waals surface area (Å²) in [5.41, 5.74) is 7.61. The van der Waals surface area contributed by atoms with Crippen molar-refractivity contribution in [2.75, 3.05) is 20.3 Å². The molecule has 0 aliphatic heterocycles. The summed E-state index contributed by atoms with van der Waals surface area (Å²) in [7, 11) is 1.56. The van der Waals surface area contributed by atoms with Gasteiger partial charge in [0.1, 0.15) is 0 Å². The molecule has 6 heteroatoms. The summed E-state index contributed by atoms with van der Waals surface area (Å²) < 4.78 is 11.0. The smallest absolute Gasteiger partial charge is 0.251 e. The lowest BCUT2D eigenvalue weighted by molar-refractivity contribution is 0.0951. The second kappa shape index (κ2) is 11.4. The van der Waals surface area contributed by atoms with Crippen LogP contribution in [0.15, 0.2) is 48.5 Å². The Labute approximate surface area is 161 Å². The van der Waals surface area contributed by atoms with Gasteiger partial charge in [0.25, 0.3) is 5.91 Å². The van der Waals surface area contributed by atoms with E-state index in [0.29, 0.717) is 30.2 Å². The number of hydrogen-bond acceptors (Lipinski definition) is 4. The highest BCUT2D eigenvalue weighted by Gasteiger charge is 2.13. The number of nitrogens with one attached hydrogen (secondary N) is 1. The lowest BCUT2D eigenvalue weighted by atomic mass is 10.1. The molecule has 1 unspecified atom stereocenters. The van der Waals surface area contributed by atoms with Crippen LogP contribution in [0.5, 0.6) is 11.5 Å². The van der Waals surface area contributed by atoms with E-state index >= 15 is 0 Å². The standard InChI is InChI=1S/C20H26N2O3.ClH/c1-3-4-12-25-18-11-10-16(13-19(18)24-2)20(23)22-14-17(21)15-8-6-5-7-9-15;/h5-11,13,17H,3-4,12,14,21H2,1-2H3,(H,22,23);1H. The predicted octanol–water partition coefficient (Wildman–Crippen LogP) is 3.73. The highest BCUT2D eigenvalue weighted by molar-refractivity contribution is 5.94. The lowest BCUT2D eigenvalue weighted by Crippen LogP contribution is -2.31. The number of hydrogen-bond donors (Lipinski definition) is 2. The molecule has 0 spiro atoms. The molecule has 0 aromatic heterocycles. The van der Waals surface area contributed by atoms with Crippen molar-refractivity contribution in [1.29, 1.82) is 0 Å². The number of halogens is 1. The van der Waals surface area contributed by atoms with E-state index in [1.807, 2.05) is 30.3 Å². The molecule has 3 N–H and O–H groups in total. The van der Waals surface area contributed by atoms with Crippen LogP contribution < -0.4 is 20.5 Å². The van der Waals surface area contributed by atoms with Crippen molar-refractivity contribution in [1.82, 2.24) is 5.32 Å². The van der Waals surface area contributed by atoms with Gasteiger partial charge in [0.15, 0.2) is 11.5 Å². The molecule has 0 heterocycles. The average molecular weight is 379 g/mol. The van der Waals surface area contributed by atoms with Crippen molar-refractivity contribution < 1.29 is 14.3 Å². The summed E-state index contributed by atoms with van der Waals surface area (Å²) in [5, 5.41) is 2.86. The Morgan fingerprint density at radius 1 is 1.15 bits per heavy atom. The van der Waals surface area contributed by atoms with Crippen LogP contribution in [0.2, 0.25) is 0 Å². The molecule has 142 valence electrons. The van der Waals surface area contributed by atoms with E-state index in [1.165, 1.54) is 0 Å². The van der Waals surface area contributed by atoms with E-state index in [1.54, 1.807) is 25.3 Å². The molecule has 0 saturated heterocycles. The van der Waals surface area contributed by atoms with Gasteiger partial charge in [0.2, 0.25) is 0 Å². The first kappa shape index (κ1) is 21.8. The normalized spacial score (nSPS) is 11.2. The van der Waals surface area contributed by atoms with Gasteiger partial charge in [0.05, 0.1) is 13.7 Å². The molecule has 2 aromatic rings. The molecule has 2 aromatic carbocycles. The minimum Gasteiger partial charge on any atom is -0.493 e. The van der Waals surface area contributed by atoms with E-state index < -0.39 is 0 Å². The SMILES string of the molecule is CCCCOc1ccc(C(=O)NCC(N)c2ccccc2)cc1OC.Cl. The summed E-state index contributed by atoms with van der Waals surface area (Å²) in [6, 6.07) is 14.6. The molecular weight excluding hydrogens is 352 g/mol. The van der Waals surface area contributed by atoms with Gasteiger partial charge in [-0.25, -0.2) is 0 Å². The predicted molar refractivity (Wildman–Crippen MR) is 106 cm³/mol. The number of rotatable bonds is 9. The Kier molecular flexibility index (Phi) is 9.55. The first-order chi connectivity index (χ1) is 12.2. The van der Waals surface area contributed by atoms with Crippen LogP contribution in [-0.2, 0) is 0 Å². The van der Waals surface area contributed by atoms with E-state index in [9.17, 15) is 4.79 Å². The number of carbonyl (C=O) groups excluding carboxylic acids is 1. The van der Waals surface area contributed by atoms with Gasteiger partial charge in [-0.2, -0.15) is 0 Å². The van der Waals surface area contributed by atoms with Gasteiger partial charge in [-0.1, -0.05) is 43.7 Å². The van der Waals surface area contributed by atoms with Gasteiger partial charge in [-0.15, -0.1) is 12.4 Å². The number of benzene rings is 2. The number of nitrogens with two attached hydrogens (primary N) is 1. The van der Waals surface area contributed by atoms with Crippen molar-refractivity contribution in [2.45, 2.75) is 25.8 Å². The Morgan fingerprint density at radius 3 is 2.54 bits per heavy atom. The molecule has 1 atom stereocenters. The number of methoxy groups -OCH3 is 1. The Bertz CT molecular complexity index is 680. The summed E-state index contributed by atoms with van der Waals surface area (Å²) >= 11 is 0. The van der Waals surface area contributed by atoms with Crippen LogP contribution in [0.25, 0.3) is 0 Å². The maximum atomic E-state index is 12.4. The second-order valence-electron chi connectivity index (χ2n) is 5.79. The van der Waals surface area contributed by atoms with Crippen LogP contribution in [-0.4, -0.2) is 26.2 Å². The zero-order valence-electron chi connectivity index (χ0n) is 15.2. The third kappa shape index (κ3) is 6.24. The molecule has 26 heavy (non-hydrogen) atoms. The molecular formula is C20H27ClN2O3. The van der Waals surface area contributed by atoms with Gasteiger partial charge in [0, 0.05) is 18.2 Å². The van der Waals surface area contributed by atoms with Crippen molar-refractivity contribution >= 4 is 18.3 Å². The Balaban J connectivity index is 0.00000338. The largest absolute Gasteiger partial charge is 0.493 e. The van der Waals surface area contributed by atoms with Crippen molar-refractivity contribution in [3.63, 3.8) is 0 Å². The molecule has 0 aliphatic rings. The second-order valence-corrected chi connectivity index (χ2v) is 5.79. The minimum atomic E-state index is -0.247. The number of amides is 1. The zero-order chi connectivity index (χ0) is 18.1. The average Bonchev–Trinajstić information content (AvgIpc) is 2.66. The highest BCUT2D eigenvalue weighted by Crippen LogP contribution is 2.28. The van der Waals surface area contributed by atoms with Crippen LogP contribution in [0.3, 0.4) is 0 Å². The van der Waals surface area contributed by atoms with E-state index in [2.05, 4.69) is 12.2 Å². The first-order valence-electron chi connectivity index (χ1n) is 8.55. The van der Waals surface area contributed by atoms with Crippen LogP contribution in [0.4, 0.5) is 0 Å². The molecule has 2 rings (SSSR count). The summed E-state index contributed by atoms with van der Waals surface area (Å²) in [5.74, 6) is 1.01. The fourth-order valence-corrected chi connectivity index (χ4v) is 2.38. The van der Waals surface area contributed by atoms with E-state index in [4.69, 9.17) is 15.2 Å². The number of unbranched alkanes of at least 4 members (excludes halogenated alkanes) is 1. The number of carbonyl (C=O) groups is 1. The van der Waals surface area contributed by atoms with Crippen molar-refractivity contribution in [2.24, 2.45) is 5.73 Å². The third-order valence-electron chi connectivity index (χ3n) is 3.89. The van der Waals surface area contributed by atoms with Gasteiger partial charge in [-0.05, 0) is 30.2 Å². The quantitative estimate of drug-likeness (QED) is 0.652. The summed E-state index contributed by atoms with van der Waals surface area (Å²) in [6.07, 6.45) is 2.03. The highest BCUT2D eigenvalue weighted by atomic mass is 35.5. The van der Waals surface area contributed by atoms with Crippen LogP contribution >= 0.6 is 12.4 Å². The van der Waals surface area contributed by atoms with Crippen molar-refractivity contribution in [3.05, 3.63) is 59.7 Å². The van der Waals surface area contributed by atoms with Crippen LogP contribution in [0, 0.1) is 0 Å². The van der Waals surface area contributed by atoms with E-state index in [0.717, 1.165) is 18.4 Å². The topological polar surface area (TPSA) is 73.6 Å². The summed E-state index contributed by atoms with van der Waals surface area (Å²) in [6.45, 7) is 3.10. The number of ether oxygens (including phenoxy) is 2. The minimum absolute atomic E-state index is 0. The molecule has 1 amide bonds. The molecule has 0 fully saturated rings. The third-order valence-corrected chi connectivity index (χ3v) is 3.89. The zero-order valence-corrected chi connectivity index (χ0v) is 16.1. The van der Waals surface area contributed by atoms with E-state index in [-0.39, 0.29) is 24.4 Å². The maximum absolute atomic E-state index is 12.4. The summed E-state index contributed by atoms with van der Waals surface area (Å²) in [4.78, 5) is 12.4. The monoisotopic (exact) mass is 378 g/mol. The maximum Gasteiger partial charge on any atom is 0.251 e. The molecule has 5 nitrogen and oxygen atoms in total. The Hall–Kier alpha value is -2.24. The lowest BCUT2D eigenvalue weighted by Gasteiger charge is -2.14. The fourth-order valence-electron chi connectivity index (χ4n) is 2.38. The van der Waals surface area contributed by atoms with Crippen LogP contribution in [0.1, 0.15) is 41.7 Å².